The van der Waals surface area contributed by atoms with Crippen molar-refractivity contribution < 1.29 is 4.39 Å². The standard InChI is InChI=1S/C15H15BrFNS/c1-10(18)15(11-2-6-13(17)7-3-11)19-14-8-4-12(16)5-9-14/h2-10,15H,18H2,1H3. The quantitative estimate of drug-likeness (QED) is 0.812. The Morgan fingerprint density at radius 1 is 1.05 bits per heavy atom. The maximum absolute atomic E-state index is 13.0. The number of halogens is 2. The monoisotopic (exact) mass is 339 g/mol. The van der Waals surface area contributed by atoms with Gasteiger partial charge in [-0.15, -0.1) is 11.8 Å². The molecule has 2 aromatic rings. The molecule has 19 heavy (non-hydrogen) atoms. The van der Waals surface area contributed by atoms with Crippen LogP contribution in [0.25, 0.3) is 0 Å². The third-order valence-corrected chi connectivity index (χ3v) is 4.78. The maximum atomic E-state index is 13.0. The van der Waals surface area contributed by atoms with Crippen molar-refractivity contribution in [1.29, 1.82) is 0 Å². The number of benzene rings is 2. The van der Waals surface area contributed by atoms with Gasteiger partial charge in [-0.1, -0.05) is 28.1 Å². The zero-order valence-electron chi connectivity index (χ0n) is 10.5. The molecular weight excluding hydrogens is 325 g/mol. The van der Waals surface area contributed by atoms with E-state index < -0.39 is 0 Å². The molecule has 0 amide bonds. The number of hydrogen-bond donors (Lipinski definition) is 1. The highest BCUT2D eigenvalue weighted by Crippen LogP contribution is 2.37. The Hall–Kier alpha value is -0.840. The summed E-state index contributed by atoms with van der Waals surface area (Å²) in [7, 11) is 0. The molecule has 2 aromatic carbocycles. The lowest BCUT2D eigenvalue weighted by molar-refractivity contribution is 0.625. The average molecular weight is 340 g/mol. The lowest BCUT2D eigenvalue weighted by Crippen LogP contribution is -2.22. The molecule has 0 radical (unpaired) electrons. The van der Waals surface area contributed by atoms with E-state index in [9.17, 15) is 4.39 Å². The number of rotatable bonds is 4. The van der Waals surface area contributed by atoms with Gasteiger partial charge >= 0.3 is 0 Å². The maximum Gasteiger partial charge on any atom is 0.123 e. The van der Waals surface area contributed by atoms with E-state index in [2.05, 4.69) is 15.9 Å². The van der Waals surface area contributed by atoms with Crippen LogP contribution in [0, 0.1) is 5.82 Å². The lowest BCUT2D eigenvalue weighted by Gasteiger charge is -2.21. The van der Waals surface area contributed by atoms with Crippen LogP contribution >= 0.6 is 27.7 Å². The van der Waals surface area contributed by atoms with Crippen LogP contribution in [0.2, 0.25) is 0 Å². The van der Waals surface area contributed by atoms with Gasteiger partial charge in [-0.25, -0.2) is 4.39 Å². The van der Waals surface area contributed by atoms with Crippen LogP contribution in [0.1, 0.15) is 17.7 Å². The van der Waals surface area contributed by atoms with Gasteiger partial charge in [0.15, 0.2) is 0 Å². The van der Waals surface area contributed by atoms with E-state index >= 15 is 0 Å². The molecular formula is C15H15BrFNS. The summed E-state index contributed by atoms with van der Waals surface area (Å²) in [5, 5.41) is 0.113. The van der Waals surface area contributed by atoms with Gasteiger partial charge in [0.2, 0.25) is 0 Å². The molecule has 0 spiro atoms. The van der Waals surface area contributed by atoms with Crippen molar-refractivity contribution in [3.63, 3.8) is 0 Å². The van der Waals surface area contributed by atoms with Gasteiger partial charge in [-0.3, -0.25) is 0 Å². The highest BCUT2D eigenvalue weighted by molar-refractivity contribution is 9.10. The normalized spacial score (nSPS) is 14.1. The predicted octanol–water partition coefficient (Wildman–Crippen LogP) is 4.77. The van der Waals surface area contributed by atoms with Crippen molar-refractivity contribution in [1.82, 2.24) is 0 Å². The second kappa shape index (κ2) is 6.55. The van der Waals surface area contributed by atoms with E-state index in [0.29, 0.717) is 0 Å². The first-order chi connectivity index (χ1) is 9.06. The molecule has 0 aromatic heterocycles. The first-order valence-electron chi connectivity index (χ1n) is 5.99. The first kappa shape index (κ1) is 14.6. The second-order valence-electron chi connectivity index (χ2n) is 4.40. The summed E-state index contributed by atoms with van der Waals surface area (Å²) in [4.78, 5) is 1.15. The summed E-state index contributed by atoms with van der Waals surface area (Å²) < 4.78 is 14.0. The van der Waals surface area contributed by atoms with Crippen LogP contribution in [0.5, 0.6) is 0 Å². The van der Waals surface area contributed by atoms with Gasteiger partial charge in [-0.05, 0) is 48.9 Å². The summed E-state index contributed by atoms with van der Waals surface area (Å²) in [6, 6.07) is 14.7. The fourth-order valence-corrected chi connectivity index (χ4v) is 3.15. The Kier molecular flexibility index (Phi) is 5.02. The van der Waals surface area contributed by atoms with Gasteiger partial charge in [-0.2, -0.15) is 0 Å². The minimum Gasteiger partial charge on any atom is -0.327 e. The molecule has 2 rings (SSSR count). The molecule has 0 bridgehead atoms. The van der Waals surface area contributed by atoms with Crippen LogP contribution < -0.4 is 5.73 Å². The predicted molar refractivity (Wildman–Crippen MR) is 82.8 cm³/mol. The van der Waals surface area contributed by atoms with Crippen LogP contribution in [0.4, 0.5) is 4.39 Å². The fourth-order valence-electron chi connectivity index (χ4n) is 1.79. The number of hydrogen-bond acceptors (Lipinski definition) is 2. The molecule has 0 heterocycles. The molecule has 0 aliphatic carbocycles. The van der Waals surface area contributed by atoms with Crippen LogP contribution in [-0.4, -0.2) is 6.04 Å². The Balaban J connectivity index is 2.21. The van der Waals surface area contributed by atoms with Gasteiger partial charge in [0.1, 0.15) is 5.82 Å². The molecule has 0 aliphatic heterocycles. The Labute approximate surface area is 125 Å². The summed E-state index contributed by atoms with van der Waals surface area (Å²) in [5.41, 5.74) is 7.11. The molecule has 2 atom stereocenters. The zero-order valence-corrected chi connectivity index (χ0v) is 12.9. The highest BCUT2D eigenvalue weighted by Gasteiger charge is 2.17. The lowest BCUT2D eigenvalue weighted by atomic mass is 10.1. The average Bonchev–Trinajstić information content (AvgIpc) is 2.39. The topological polar surface area (TPSA) is 26.0 Å². The largest absolute Gasteiger partial charge is 0.327 e. The molecule has 0 saturated carbocycles. The first-order valence-corrected chi connectivity index (χ1v) is 7.67. The van der Waals surface area contributed by atoms with E-state index in [1.807, 2.05) is 31.2 Å². The molecule has 100 valence electrons. The number of nitrogens with two attached hydrogens (primary N) is 1. The van der Waals surface area contributed by atoms with E-state index in [-0.39, 0.29) is 17.1 Å². The third kappa shape index (κ3) is 4.06. The summed E-state index contributed by atoms with van der Waals surface area (Å²) in [5.74, 6) is -0.221. The summed E-state index contributed by atoms with van der Waals surface area (Å²) >= 11 is 5.11. The number of thioether (sulfide) groups is 1. The molecule has 2 N–H and O–H groups in total. The summed E-state index contributed by atoms with van der Waals surface area (Å²) in [6.45, 7) is 1.97. The van der Waals surface area contributed by atoms with Crippen LogP contribution in [-0.2, 0) is 0 Å². The van der Waals surface area contributed by atoms with E-state index in [4.69, 9.17) is 5.73 Å². The van der Waals surface area contributed by atoms with Gasteiger partial charge < -0.3 is 5.73 Å². The van der Waals surface area contributed by atoms with Crippen molar-refractivity contribution in [3.05, 3.63) is 64.4 Å². The van der Waals surface area contributed by atoms with Gasteiger partial charge in [0.25, 0.3) is 0 Å². The van der Waals surface area contributed by atoms with Crippen molar-refractivity contribution >= 4 is 27.7 Å². The minimum absolute atomic E-state index is 0.0147. The highest BCUT2D eigenvalue weighted by atomic mass is 79.9. The van der Waals surface area contributed by atoms with E-state index in [0.717, 1.165) is 14.9 Å². The second-order valence-corrected chi connectivity index (χ2v) is 6.53. The zero-order chi connectivity index (χ0) is 13.8. The Morgan fingerprint density at radius 2 is 1.63 bits per heavy atom. The van der Waals surface area contributed by atoms with Crippen molar-refractivity contribution in [2.24, 2.45) is 5.73 Å². The molecule has 0 fully saturated rings. The SMILES string of the molecule is CC(N)C(Sc1ccc(Br)cc1)c1ccc(F)cc1. The smallest absolute Gasteiger partial charge is 0.123 e. The van der Waals surface area contributed by atoms with Gasteiger partial charge in [0, 0.05) is 20.7 Å². The van der Waals surface area contributed by atoms with Crippen molar-refractivity contribution in [2.45, 2.75) is 23.1 Å². The van der Waals surface area contributed by atoms with Crippen molar-refractivity contribution in [3.8, 4) is 0 Å². The molecule has 0 saturated heterocycles. The third-order valence-electron chi connectivity index (χ3n) is 2.75. The van der Waals surface area contributed by atoms with Gasteiger partial charge in [0.05, 0.1) is 0 Å². The van der Waals surface area contributed by atoms with E-state index in [1.54, 1.807) is 23.9 Å². The minimum atomic E-state index is -0.221. The Bertz CT molecular complexity index is 525. The fraction of sp³-hybridized carbons (Fsp3) is 0.200. The Morgan fingerprint density at radius 3 is 2.16 bits per heavy atom. The van der Waals surface area contributed by atoms with Crippen LogP contribution in [0.3, 0.4) is 0 Å². The summed E-state index contributed by atoms with van der Waals surface area (Å²) in [6.07, 6.45) is 0. The molecule has 0 aliphatic rings. The van der Waals surface area contributed by atoms with Crippen molar-refractivity contribution in [2.75, 3.05) is 0 Å². The molecule has 4 heteroatoms. The van der Waals surface area contributed by atoms with E-state index in [1.165, 1.54) is 12.1 Å². The molecule has 1 nitrogen and oxygen atoms in total. The molecule has 2 unspecified atom stereocenters. The van der Waals surface area contributed by atoms with Crippen LogP contribution in [0.15, 0.2) is 57.9 Å².